The quantitative estimate of drug-likeness (QED) is 0.793. The summed E-state index contributed by atoms with van der Waals surface area (Å²) in [5.74, 6) is 0.869. The van der Waals surface area contributed by atoms with Crippen molar-refractivity contribution in [1.29, 1.82) is 0 Å². The highest BCUT2D eigenvalue weighted by atomic mass is 32.2. The summed E-state index contributed by atoms with van der Waals surface area (Å²) in [4.78, 5) is 0. The topological polar surface area (TPSA) is 25.2 Å². The minimum atomic E-state index is -2.34. The van der Waals surface area contributed by atoms with E-state index in [9.17, 15) is 8.78 Å². The third-order valence-electron chi connectivity index (χ3n) is 4.36. The second-order valence-corrected chi connectivity index (χ2v) is 6.51. The summed E-state index contributed by atoms with van der Waals surface area (Å²) in [7, 11) is 0. The van der Waals surface area contributed by atoms with Gasteiger partial charge >= 0.3 is 0 Å². The molecule has 0 aromatic carbocycles. The lowest BCUT2D eigenvalue weighted by atomic mass is 9.93. The Hall–Kier alpha value is -0.550. The van der Waals surface area contributed by atoms with E-state index in [0.717, 1.165) is 11.7 Å². The van der Waals surface area contributed by atoms with Crippen LogP contribution in [-0.2, 0) is 12.3 Å². The van der Waals surface area contributed by atoms with E-state index >= 15 is 0 Å². The fourth-order valence-corrected chi connectivity index (χ4v) is 3.53. The Morgan fingerprint density at radius 3 is 2.75 bits per heavy atom. The number of nitrogens with one attached hydrogen (secondary N) is 1. The van der Waals surface area contributed by atoms with E-state index in [1.807, 2.05) is 6.07 Å². The summed E-state index contributed by atoms with van der Waals surface area (Å²) in [5, 5.41) is 3.54. The van der Waals surface area contributed by atoms with Crippen LogP contribution < -0.4 is 5.32 Å². The maximum atomic E-state index is 12.1. The van der Waals surface area contributed by atoms with Gasteiger partial charge < -0.3 is 9.73 Å². The Kier molecular flexibility index (Phi) is 5.90. The van der Waals surface area contributed by atoms with Gasteiger partial charge in [0.25, 0.3) is 5.76 Å². The molecular weight excluding hydrogens is 280 g/mol. The SMILES string of the molecule is CCC1CCC(NCc2ccc(CSC(F)F)o2)C1C. The lowest BCUT2D eigenvalue weighted by molar-refractivity contribution is 0.251. The molecule has 0 aliphatic heterocycles. The molecule has 5 heteroatoms. The molecule has 1 aromatic heterocycles. The fourth-order valence-electron chi connectivity index (χ4n) is 3.08. The van der Waals surface area contributed by atoms with Gasteiger partial charge in [0.15, 0.2) is 0 Å². The first kappa shape index (κ1) is 15.8. The average molecular weight is 303 g/mol. The van der Waals surface area contributed by atoms with Crippen LogP contribution in [0.4, 0.5) is 8.78 Å². The second-order valence-electron chi connectivity index (χ2n) is 5.53. The maximum absolute atomic E-state index is 12.1. The van der Waals surface area contributed by atoms with Crippen molar-refractivity contribution in [3.63, 3.8) is 0 Å². The van der Waals surface area contributed by atoms with E-state index in [1.54, 1.807) is 6.07 Å². The van der Waals surface area contributed by atoms with Gasteiger partial charge in [-0.1, -0.05) is 32.0 Å². The monoisotopic (exact) mass is 303 g/mol. The Balaban J connectivity index is 1.77. The predicted molar refractivity (Wildman–Crippen MR) is 78.8 cm³/mol. The molecule has 1 heterocycles. The first-order valence-electron chi connectivity index (χ1n) is 7.30. The highest BCUT2D eigenvalue weighted by molar-refractivity contribution is 7.98. The number of alkyl halides is 2. The van der Waals surface area contributed by atoms with Crippen LogP contribution in [0.1, 0.15) is 44.6 Å². The molecule has 1 aliphatic carbocycles. The minimum Gasteiger partial charge on any atom is -0.464 e. The predicted octanol–water partition coefficient (Wildman–Crippen LogP) is 4.65. The van der Waals surface area contributed by atoms with Crippen LogP contribution in [0, 0.1) is 11.8 Å². The Labute approximate surface area is 123 Å². The highest BCUT2D eigenvalue weighted by Gasteiger charge is 2.31. The highest BCUT2D eigenvalue weighted by Crippen LogP contribution is 2.34. The largest absolute Gasteiger partial charge is 0.464 e. The zero-order valence-electron chi connectivity index (χ0n) is 12.1. The molecule has 1 fully saturated rings. The van der Waals surface area contributed by atoms with Gasteiger partial charge in [-0.15, -0.1) is 0 Å². The van der Waals surface area contributed by atoms with Gasteiger partial charge in [-0.2, -0.15) is 8.78 Å². The normalized spacial score (nSPS) is 26.6. The number of hydrogen-bond donors (Lipinski definition) is 1. The molecule has 2 rings (SSSR count). The van der Waals surface area contributed by atoms with E-state index in [-0.39, 0.29) is 5.75 Å². The van der Waals surface area contributed by atoms with Crippen LogP contribution in [0.5, 0.6) is 0 Å². The lowest BCUT2D eigenvalue weighted by Crippen LogP contribution is -2.32. The molecule has 114 valence electrons. The third-order valence-corrected chi connectivity index (χ3v) is 5.06. The molecule has 20 heavy (non-hydrogen) atoms. The van der Waals surface area contributed by atoms with Crippen LogP contribution >= 0.6 is 11.8 Å². The summed E-state index contributed by atoms with van der Waals surface area (Å²) in [6, 6.07) is 4.22. The number of hydrogen-bond acceptors (Lipinski definition) is 3. The molecule has 3 atom stereocenters. The molecule has 3 unspecified atom stereocenters. The van der Waals surface area contributed by atoms with Crippen LogP contribution in [0.25, 0.3) is 0 Å². The molecule has 1 saturated carbocycles. The van der Waals surface area contributed by atoms with Gasteiger partial charge in [-0.3, -0.25) is 0 Å². The zero-order chi connectivity index (χ0) is 14.5. The van der Waals surface area contributed by atoms with Crippen molar-refractivity contribution in [3.05, 3.63) is 23.7 Å². The van der Waals surface area contributed by atoms with Crippen molar-refractivity contribution in [3.8, 4) is 0 Å². The van der Waals surface area contributed by atoms with Crippen LogP contribution in [0.15, 0.2) is 16.5 Å². The Bertz CT molecular complexity index is 410. The lowest BCUT2D eigenvalue weighted by Gasteiger charge is -2.20. The second kappa shape index (κ2) is 7.46. The molecule has 1 N–H and O–H groups in total. The molecular formula is C15H23F2NOS. The molecule has 2 nitrogen and oxygen atoms in total. The van der Waals surface area contributed by atoms with Crippen molar-refractivity contribution in [2.45, 2.75) is 57.2 Å². The summed E-state index contributed by atoms with van der Waals surface area (Å²) in [6.07, 6.45) is 3.76. The van der Waals surface area contributed by atoms with Crippen LogP contribution in [0.3, 0.4) is 0 Å². The average Bonchev–Trinajstić information content (AvgIpc) is 3.01. The number of thioether (sulfide) groups is 1. The van der Waals surface area contributed by atoms with E-state index in [2.05, 4.69) is 19.2 Å². The first-order chi connectivity index (χ1) is 9.60. The minimum absolute atomic E-state index is 0.232. The third kappa shape index (κ3) is 4.22. The van der Waals surface area contributed by atoms with Gasteiger partial charge in [0.05, 0.1) is 12.3 Å². The summed E-state index contributed by atoms with van der Waals surface area (Å²) < 4.78 is 29.8. The molecule has 1 aliphatic rings. The number of rotatable bonds is 7. The van der Waals surface area contributed by atoms with Crippen molar-refractivity contribution in [1.82, 2.24) is 5.32 Å². The summed E-state index contributed by atoms with van der Waals surface area (Å²) >= 11 is 0.597. The number of furan rings is 1. The van der Waals surface area contributed by atoms with E-state index in [1.165, 1.54) is 19.3 Å². The molecule has 0 bridgehead atoms. The standard InChI is InChI=1S/C15H23F2NOS/c1-3-11-4-7-14(10(11)2)18-8-12-5-6-13(19-12)9-20-15(16)17/h5-6,10-11,14-15,18H,3-4,7-9H2,1-2H3. The maximum Gasteiger partial charge on any atom is 0.284 e. The van der Waals surface area contributed by atoms with Crippen molar-refractivity contribution in [2.24, 2.45) is 11.8 Å². The first-order valence-corrected chi connectivity index (χ1v) is 8.35. The zero-order valence-corrected chi connectivity index (χ0v) is 12.9. The van der Waals surface area contributed by atoms with Crippen LogP contribution in [-0.4, -0.2) is 11.8 Å². The van der Waals surface area contributed by atoms with Gasteiger partial charge in [0, 0.05) is 6.04 Å². The van der Waals surface area contributed by atoms with E-state index in [0.29, 0.717) is 36.0 Å². The summed E-state index contributed by atoms with van der Waals surface area (Å²) in [5.41, 5.74) is 0. The number of halogens is 2. The van der Waals surface area contributed by atoms with Crippen LogP contribution in [0.2, 0.25) is 0 Å². The van der Waals surface area contributed by atoms with E-state index in [4.69, 9.17) is 4.42 Å². The van der Waals surface area contributed by atoms with E-state index < -0.39 is 5.76 Å². The van der Waals surface area contributed by atoms with Crippen molar-refractivity contribution >= 4 is 11.8 Å². The molecule has 0 spiro atoms. The molecule has 0 amide bonds. The smallest absolute Gasteiger partial charge is 0.284 e. The van der Waals surface area contributed by atoms with Gasteiger partial charge in [-0.25, -0.2) is 0 Å². The van der Waals surface area contributed by atoms with Crippen molar-refractivity contribution in [2.75, 3.05) is 0 Å². The molecule has 0 saturated heterocycles. The summed E-state index contributed by atoms with van der Waals surface area (Å²) in [6.45, 7) is 5.25. The van der Waals surface area contributed by atoms with Gasteiger partial charge in [-0.05, 0) is 36.8 Å². The van der Waals surface area contributed by atoms with Crippen molar-refractivity contribution < 1.29 is 13.2 Å². The molecule has 0 radical (unpaired) electrons. The Morgan fingerprint density at radius 2 is 2.10 bits per heavy atom. The van der Waals surface area contributed by atoms with Gasteiger partial charge in [0.2, 0.25) is 0 Å². The Morgan fingerprint density at radius 1 is 1.35 bits per heavy atom. The van der Waals surface area contributed by atoms with Gasteiger partial charge in [0.1, 0.15) is 11.5 Å². The fraction of sp³-hybridized carbons (Fsp3) is 0.733. The molecule has 1 aromatic rings.